The molecule has 0 saturated heterocycles. The lowest BCUT2D eigenvalue weighted by Gasteiger charge is -2.07. The van der Waals surface area contributed by atoms with Crippen LogP contribution in [0.2, 0.25) is 0 Å². The Morgan fingerprint density at radius 1 is 1.15 bits per heavy atom. The summed E-state index contributed by atoms with van der Waals surface area (Å²) in [4.78, 5) is 12.0. The van der Waals surface area contributed by atoms with Gasteiger partial charge < -0.3 is 10.3 Å². The summed E-state index contributed by atoms with van der Waals surface area (Å²) in [5.41, 5.74) is 4.37. The molecule has 0 radical (unpaired) electrons. The Morgan fingerprint density at radius 3 is 2.70 bits per heavy atom. The first-order chi connectivity index (χ1) is 9.72. The van der Waals surface area contributed by atoms with Crippen LogP contribution in [0.5, 0.6) is 0 Å². The second kappa shape index (κ2) is 5.43. The molecule has 0 atom stereocenters. The minimum absolute atomic E-state index is 0.486. The van der Waals surface area contributed by atoms with Crippen LogP contribution in [0.25, 0.3) is 22.4 Å². The molecule has 0 aliphatic rings. The molecule has 2 aromatic heterocycles. The monoisotopic (exact) mass is 266 g/mol. The van der Waals surface area contributed by atoms with Crippen LogP contribution in [0.4, 0.5) is 0 Å². The summed E-state index contributed by atoms with van der Waals surface area (Å²) >= 11 is 0. The Labute approximate surface area is 118 Å². The molecule has 0 unspecified atom stereocenters. The second-order valence-electron chi connectivity index (χ2n) is 5.21. The molecule has 0 amide bonds. The van der Waals surface area contributed by atoms with Crippen molar-refractivity contribution in [2.24, 2.45) is 0 Å². The van der Waals surface area contributed by atoms with E-state index < -0.39 is 0 Å². The van der Waals surface area contributed by atoms with Crippen LogP contribution in [0.1, 0.15) is 19.4 Å². The average molecular weight is 266 g/mol. The number of hydrogen-bond donors (Lipinski definition) is 2. The highest BCUT2D eigenvalue weighted by atomic mass is 14.9. The van der Waals surface area contributed by atoms with Crippen molar-refractivity contribution in [3.05, 3.63) is 48.3 Å². The van der Waals surface area contributed by atoms with Crippen molar-refractivity contribution in [1.82, 2.24) is 20.3 Å². The molecule has 0 fully saturated rings. The van der Waals surface area contributed by atoms with Gasteiger partial charge >= 0.3 is 0 Å². The van der Waals surface area contributed by atoms with Gasteiger partial charge in [0.1, 0.15) is 5.82 Å². The standard InChI is InChI=1S/C16H18N4/c1-11(2)18-10-12-3-4-14-15(9-12)20-16(19-14)13-5-7-17-8-6-13/h3-9,11,18H,10H2,1-2H3,(H,19,20). The Balaban J connectivity index is 1.91. The van der Waals surface area contributed by atoms with Gasteiger partial charge in [0, 0.05) is 30.5 Å². The Bertz CT molecular complexity index is 701. The molecule has 3 aromatic rings. The average Bonchev–Trinajstić information content (AvgIpc) is 2.89. The Morgan fingerprint density at radius 2 is 1.95 bits per heavy atom. The van der Waals surface area contributed by atoms with E-state index in [-0.39, 0.29) is 0 Å². The second-order valence-corrected chi connectivity index (χ2v) is 5.21. The molecular weight excluding hydrogens is 248 g/mol. The van der Waals surface area contributed by atoms with Crippen LogP contribution in [0.3, 0.4) is 0 Å². The highest BCUT2D eigenvalue weighted by molar-refractivity contribution is 5.79. The number of benzene rings is 1. The first kappa shape index (κ1) is 12.8. The van der Waals surface area contributed by atoms with Crippen LogP contribution < -0.4 is 5.32 Å². The third kappa shape index (κ3) is 2.70. The van der Waals surface area contributed by atoms with E-state index in [1.54, 1.807) is 12.4 Å². The predicted octanol–water partition coefficient (Wildman–Crippen LogP) is 3.12. The van der Waals surface area contributed by atoms with Crippen LogP contribution in [0, 0.1) is 0 Å². The first-order valence-corrected chi connectivity index (χ1v) is 6.85. The minimum atomic E-state index is 0.486. The Hall–Kier alpha value is -2.20. The number of rotatable bonds is 4. The molecular formula is C16H18N4. The quantitative estimate of drug-likeness (QED) is 0.763. The van der Waals surface area contributed by atoms with Crippen molar-refractivity contribution < 1.29 is 0 Å². The molecule has 4 nitrogen and oxygen atoms in total. The highest BCUT2D eigenvalue weighted by Crippen LogP contribution is 2.20. The van der Waals surface area contributed by atoms with Gasteiger partial charge in [-0.1, -0.05) is 19.9 Å². The molecule has 2 heterocycles. The van der Waals surface area contributed by atoms with Crippen molar-refractivity contribution in [1.29, 1.82) is 0 Å². The number of hydrogen-bond acceptors (Lipinski definition) is 3. The summed E-state index contributed by atoms with van der Waals surface area (Å²) in [6.07, 6.45) is 3.56. The summed E-state index contributed by atoms with van der Waals surface area (Å²) in [6, 6.07) is 10.7. The molecule has 20 heavy (non-hydrogen) atoms. The summed E-state index contributed by atoms with van der Waals surface area (Å²) in [5.74, 6) is 0.886. The maximum absolute atomic E-state index is 4.62. The maximum Gasteiger partial charge on any atom is 0.138 e. The summed E-state index contributed by atoms with van der Waals surface area (Å²) in [5, 5.41) is 3.42. The lowest BCUT2D eigenvalue weighted by atomic mass is 10.2. The maximum atomic E-state index is 4.62. The van der Waals surface area contributed by atoms with Gasteiger partial charge in [-0.15, -0.1) is 0 Å². The summed E-state index contributed by atoms with van der Waals surface area (Å²) < 4.78 is 0. The summed E-state index contributed by atoms with van der Waals surface area (Å²) in [7, 11) is 0. The topological polar surface area (TPSA) is 53.6 Å². The fourth-order valence-electron chi connectivity index (χ4n) is 2.14. The fourth-order valence-corrected chi connectivity index (χ4v) is 2.14. The van der Waals surface area contributed by atoms with E-state index in [0.29, 0.717) is 6.04 Å². The van der Waals surface area contributed by atoms with Crippen LogP contribution >= 0.6 is 0 Å². The number of imidazole rings is 1. The van der Waals surface area contributed by atoms with Gasteiger partial charge in [-0.2, -0.15) is 0 Å². The first-order valence-electron chi connectivity index (χ1n) is 6.85. The van der Waals surface area contributed by atoms with Crippen LogP contribution in [-0.4, -0.2) is 21.0 Å². The van der Waals surface area contributed by atoms with Crippen molar-refractivity contribution in [2.45, 2.75) is 26.4 Å². The number of nitrogens with one attached hydrogen (secondary N) is 2. The minimum Gasteiger partial charge on any atom is -0.338 e. The number of aromatic amines is 1. The van der Waals surface area contributed by atoms with Gasteiger partial charge in [0.05, 0.1) is 11.0 Å². The van der Waals surface area contributed by atoms with Crippen LogP contribution in [0.15, 0.2) is 42.7 Å². The van der Waals surface area contributed by atoms with E-state index in [4.69, 9.17) is 0 Å². The molecule has 4 heteroatoms. The van der Waals surface area contributed by atoms with E-state index in [0.717, 1.165) is 29.0 Å². The predicted molar refractivity (Wildman–Crippen MR) is 81.3 cm³/mol. The third-order valence-electron chi connectivity index (χ3n) is 3.21. The van der Waals surface area contributed by atoms with Crippen molar-refractivity contribution >= 4 is 11.0 Å². The lowest BCUT2D eigenvalue weighted by molar-refractivity contribution is 0.589. The summed E-state index contributed by atoms with van der Waals surface area (Å²) in [6.45, 7) is 5.17. The van der Waals surface area contributed by atoms with Gasteiger partial charge in [0.2, 0.25) is 0 Å². The molecule has 0 bridgehead atoms. The van der Waals surface area contributed by atoms with Crippen molar-refractivity contribution in [3.8, 4) is 11.4 Å². The lowest BCUT2D eigenvalue weighted by Crippen LogP contribution is -2.21. The van der Waals surface area contributed by atoms with Gasteiger partial charge in [-0.25, -0.2) is 4.98 Å². The number of nitrogens with zero attached hydrogens (tertiary/aromatic N) is 2. The van der Waals surface area contributed by atoms with E-state index >= 15 is 0 Å². The Kier molecular flexibility index (Phi) is 3.48. The number of pyridine rings is 1. The van der Waals surface area contributed by atoms with Gasteiger partial charge in [-0.3, -0.25) is 4.98 Å². The molecule has 2 N–H and O–H groups in total. The molecule has 102 valence electrons. The fraction of sp³-hybridized carbons (Fsp3) is 0.250. The molecule has 0 aliphatic carbocycles. The molecule has 0 aliphatic heterocycles. The zero-order valence-electron chi connectivity index (χ0n) is 11.7. The van der Waals surface area contributed by atoms with E-state index in [9.17, 15) is 0 Å². The van der Waals surface area contributed by atoms with E-state index in [1.165, 1.54) is 5.56 Å². The number of fused-ring (bicyclic) bond motifs is 1. The van der Waals surface area contributed by atoms with E-state index in [1.807, 2.05) is 12.1 Å². The SMILES string of the molecule is CC(C)NCc1ccc2nc(-c3ccncc3)[nH]c2c1. The van der Waals surface area contributed by atoms with Gasteiger partial charge in [0.25, 0.3) is 0 Å². The van der Waals surface area contributed by atoms with E-state index in [2.05, 4.69) is 52.3 Å². The smallest absolute Gasteiger partial charge is 0.138 e. The number of aromatic nitrogens is 3. The molecule has 0 spiro atoms. The molecule has 3 rings (SSSR count). The molecule has 0 saturated carbocycles. The normalized spacial score (nSPS) is 11.3. The van der Waals surface area contributed by atoms with Crippen LogP contribution in [-0.2, 0) is 6.54 Å². The number of H-pyrrole nitrogens is 1. The zero-order chi connectivity index (χ0) is 13.9. The zero-order valence-corrected chi connectivity index (χ0v) is 11.7. The highest BCUT2D eigenvalue weighted by Gasteiger charge is 2.05. The third-order valence-corrected chi connectivity index (χ3v) is 3.21. The van der Waals surface area contributed by atoms with Gasteiger partial charge in [-0.05, 0) is 29.8 Å². The largest absolute Gasteiger partial charge is 0.338 e. The van der Waals surface area contributed by atoms with Gasteiger partial charge in [0.15, 0.2) is 0 Å². The van der Waals surface area contributed by atoms with Crippen molar-refractivity contribution in [2.75, 3.05) is 0 Å². The molecule has 1 aromatic carbocycles. The van der Waals surface area contributed by atoms with Crippen molar-refractivity contribution in [3.63, 3.8) is 0 Å².